The zero-order valence-corrected chi connectivity index (χ0v) is 15.7. The molecule has 1 atom stereocenters. The first-order valence-corrected chi connectivity index (χ1v) is 10.9. The monoisotopic (exact) mass is 319 g/mol. The van der Waals surface area contributed by atoms with Crippen LogP contribution >= 0.6 is 0 Å². The van der Waals surface area contributed by atoms with Crippen molar-refractivity contribution < 1.29 is 8.84 Å². The zero-order valence-electron chi connectivity index (χ0n) is 14.7. The van der Waals surface area contributed by atoms with E-state index in [0.29, 0.717) is 6.61 Å². The van der Waals surface area contributed by atoms with Crippen LogP contribution in [0.3, 0.4) is 0 Å². The summed E-state index contributed by atoms with van der Waals surface area (Å²) in [5, 5.41) is 1.36. The highest BCUT2D eigenvalue weighted by Gasteiger charge is 2.37. The molecule has 2 aromatic rings. The molecule has 1 aromatic carbocycles. The molecule has 0 aliphatic heterocycles. The summed E-state index contributed by atoms with van der Waals surface area (Å²) in [5.74, 6) is 0. The Hall–Kier alpha value is -1.10. The minimum absolute atomic E-state index is 0.116. The number of benzene rings is 1. The Bertz CT molecular complexity index is 638. The van der Waals surface area contributed by atoms with Crippen molar-refractivity contribution >= 4 is 19.3 Å². The van der Waals surface area contributed by atoms with Gasteiger partial charge in [0.25, 0.3) is 0 Å². The van der Waals surface area contributed by atoms with Gasteiger partial charge in [0.05, 0.1) is 12.9 Å². The van der Waals surface area contributed by atoms with Gasteiger partial charge < -0.3 is 14.6 Å². The molecule has 0 aliphatic rings. The van der Waals surface area contributed by atoms with E-state index in [0.717, 1.165) is 17.4 Å². The van der Waals surface area contributed by atoms with Crippen molar-refractivity contribution in [2.45, 2.75) is 64.9 Å². The summed E-state index contributed by atoms with van der Waals surface area (Å²) in [6.45, 7) is 14.0. The van der Waals surface area contributed by atoms with Gasteiger partial charge in [0.1, 0.15) is 5.58 Å². The molecule has 0 bridgehead atoms. The number of rotatable bonds is 5. The summed E-state index contributed by atoms with van der Waals surface area (Å²) in [5.41, 5.74) is 9.30. The Morgan fingerprint density at radius 3 is 2.55 bits per heavy atom. The normalized spacial score (nSPS) is 14.5. The molecule has 0 spiro atoms. The van der Waals surface area contributed by atoms with Gasteiger partial charge in [-0.1, -0.05) is 20.8 Å². The summed E-state index contributed by atoms with van der Waals surface area (Å²) in [4.78, 5) is 0. The van der Waals surface area contributed by atoms with Crippen molar-refractivity contribution in [1.82, 2.24) is 0 Å². The maximum atomic E-state index is 6.34. The van der Waals surface area contributed by atoms with Gasteiger partial charge >= 0.3 is 0 Å². The van der Waals surface area contributed by atoms with Crippen LogP contribution in [-0.4, -0.2) is 14.4 Å². The maximum Gasteiger partial charge on any atom is 0.192 e. The first kappa shape index (κ1) is 17.3. The molecule has 0 radical (unpaired) electrons. The molecule has 0 fully saturated rings. The van der Waals surface area contributed by atoms with Crippen LogP contribution in [0.25, 0.3) is 11.0 Å². The Balaban J connectivity index is 2.25. The van der Waals surface area contributed by atoms with Crippen LogP contribution < -0.4 is 5.73 Å². The highest BCUT2D eigenvalue weighted by atomic mass is 28.4. The number of furan rings is 1. The summed E-state index contributed by atoms with van der Waals surface area (Å²) in [7, 11) is -1.74. The van der Waals surface area contributed by atoms with Gasteiger partial charge in [-0.05, 0) is 60.8 Å². The van der Waals surface area contributed by atoms with Crippen LogP contribution in [0.2, 0.25) is 18.1 Å². The van der Waals surface area contributed by atoms with Gasteiger partial charge in [0, 0.05) is 11.4 Å². The van der Waals surface area contributed by atoms with Crippen molar-refractivity contribution in [1.29, 1.82) is 0 Å². The molecule has 2 N–H and O–H groups in total. The predicted octanol–water partition coefficient (Wildman–Crippen LogP) is 4.84. The molecule has 0 amide bonds. The molecule has 1 heterocycles. The molecule has 0 saturated carbocycles. The van der Waals surface area contributed by atoms with Crippen molar-refractivity contribution in [3.05, 3.63) is 35.6 Å². The molecule has 0 aliphatic carbocycles. The second-order valence-corrected chi connectivity index (χ2v) is 12.6. The number of hydrogen-bond acceptors (Lipinski definition) is 3. The molecule has 4 heteroatoms. The minimum Gasteiger partial charge on any atom is -0.464 e. The number of fused-ring (bicyclic) bond motifs is 1. The Morgan fingerprint density at radius 1 is 1.27 bits per heavy atom. The highest BCUT2D eigenvalue weighted by molar-refractivity contribution is 6.74. The fourth-order valence-electron chi connectivity index (χ4n) is 2.29. The highest BCUT2D eigenvalue weighted by Crippen LogP contribution is 2.37. The van der Waals surface area contributed by atoms with Crippen LogP contribution in [0.1, 0.15) is 38.8 Å². The lowest BCUT2D eigenvalue weighted by Gasteiger charge is -2.36. The number of nitrogens with two attached hydrogens (primary N) is 1. The molecule has 2 rings (SSSR count). The van der Waals surface area contributed by atoms with Gasteiger partial charge in [-0.3, -0.25) is 0 Å². The Kier molecular flexibility index (Phi) is 4.85. The third-order valence-electron chi connectivity index (χ3n) is 4.64. The van der Waals surface area contributed by atoms with E-state index in [2.05, 4.69) is 46.0 Å². The quantitative estimate of drug-likeness (QED) is 0.802. The van der Waals surface area contributed by atoms with Crippen molar-refractivity contribution in [3.63, 3.8) is 0 Å². The van der Waals surface area contributed by atoms with E-state index < -0.39 is 8.32 Å². The van der Waals surface area contributed by atoms with Gasteiger partial charge in [-0.25, -0.2) is 0 Å². The predicted molar refractivity (Wildman–Crippen MR) is 95.6 cm³/mol. The van der Waals surface area contributed by atoms with Crippen molar-refractivity contribution in [3.8, 4) is 0 Å². The average molecular weight is 320 g/mol. The zero-order chi connectivity index (χ0) is 16.5. The SMILES string of the molecule is CC(N)Cc1cc(CO[Si](C)(C)C(C)(C)C)cc2ccoc12. The molecule has 3 nitrogen and oxygen atoms in total. The van der Waals surface area contributed by atoms with E-state index in [4.69, 9.17) is 14.6 Å². The van der Waals surface area contributed by atoms with E-state index in [-0.39, 0.29) is 11.1 Å². The van der Waals surface area contributed by atoms with E-state index >= 15 is 0 Å². The minimum atomic E-state index is -1.74. The van der Waals surface area contributed by atoms with Crippen LogP contribution in [0, 0.1) is 0 Å². The standard InChI is InChI=1S/C18H29NO2Si/c1-13(19)9-16-11-14(10-15-7-8-20-17(15)16)12-21-22(5,6)18(2,3)4/h7-8,10-11,13H,9,12,19H2,1-6H3. The average Bonchev–Trinajstić information content (AvgIpc) is 2.83. The fourth-order valence-corrected chi connectivity index (χ4v) is 3.25. The third kappa shape index (κ3) is 3.80. The smallest absolute Gasteiger partial charge is 0.192 e. The number of hydrogen-bond donors (Lipinski definition) is 1. The van der Waals surface area contributed by atoms with Crippen LogP contribution in [0.15, 0.2) is 28.9 Å². The summed E-state index contributed by atoms with van der Waals surface area (Å²) in [6, 6.07) is 6.47. The van der Waals surface area contributed by atoms with E-state index in [1.54, 1.807) is 6.26 Å². The Morgan fingerprint density at radius 2 is 1.95 bits per heavy atom. The van der Waals surface area contributed by atoms with E-state index in [9.17, 15) is 0 Å². The molecule has 22 heavy (non-hydrogen) atoms. The first-order chi connectivity index (χ1) is 10.1. The lowest BCUT2D eigenvalue weighted by atomic mass is 10.0. The first-order valence-electron chi connectivity index (χ1n) is 7.99. The molecule has 0 saturated heterocycles. The Labute approximate surface area is 135 Å². The second kappa shape index (κ2) is 6.18. The van der Waals surface area contributed by atoms with Crippen molar-refractivity contribution in [2.24, 2.45) is 5.73 Å². The van der Waals surface area contributed by atoms with Crippen LogP contribution in [-0.2, 0) is 17.5 Å². The van der Waals surface area contributed by atoms with Gasteiger partial charge in [0.2, 0.25) is 0 Å². The molecular formula is C18H29NO2Si. The van der Waals surface area contributed by atoms with E-state index in [1.807, 2.05) is 13.0 Å². The molecule has 1 unspecified atom stereocenters. The second-order valence-electron chi connectivity index (χ2n) is 7.82. The van der Waals surface area contributed by atoms with Gasteiger partial charge in [-0.15, -0.1) is 0 Å². The van der Waals surface area contributed by atoms with Gasteiger partial charge in [0.15, 0.2) is 8.32 Å². The summed E-state index contributed by atoms with van der Waals surface area (Å²) in [6.07, 6.45) is 2.56. The fraction of sp³-hybridized carbons (Fsp3) is 0.556. The lowest BCUT2D eigenvalue weighted by Crippen LogP contribution is -2.40. The van der Waals surface area contributed by atoms with Crippen LogP contribution in [0.4, 0.5) is 0 Å². The maximum absolute atomic E-state index is 6.34. The van der Waals surface area contributed by atoms with Crippen LogP contribution in [0.5, 0.6) is 0 Å². The largest absolute Gasteiger partial charge is 0.464 e. The molecule has 122 valence electrons. The topological polar surface area (TPSA) is 48.4 Å². The summed E-state index contributed by atoms with van der Waals surface area (Å²) < 4.78 is 12.0. The van der Waals surface area contributed by atoms with Gasteiger partial charge in [-0.2, -0.15) is 0 Å². The van der Waals surface area contributed by atoms with Crippen molar-refractivity contribution in [2.75, 3.05) is 0 Å². The molecule has 1 aromatic heterocycles. The third-order valence-corrected chi connectivity index (χ3v) is 9.11. The lowest BCUT2D eigenvalue weighted by molar-refractivity contribution is 0.276. The summed E-state index contributed by atoms with van der Waals surface area (Å²) >= 11 is 0. The van der Waals surface area contributed by atoms with E-state index in [1.165, 1.54) is 11.1 Å². The molecular weight excluding hydrogens is 290 g/mol.